The summed E-state index contributed by atoms with van der Waals surface area (Å²) in [6.45, 7) is 0.481. The zero-order valence-corrected chi connectivity index (χ0v) is 15.8. The van der Waals surface area contributed by atoms with E-state index in [2.05, 4.69) is 9.97 Å². The van der Waals surface area contributed by atoms with Crippen LogP contribution in [0.5, 0.6) is 5.75 Å². The lowest BCUT2D eigenvalue weighted by atomic mass is 10.1. The van der Waals surface area contributed by atoms with Crippen molar-refractivity contribution in [1.29, 1.82) is 0 Å². The number of nitrogens with zero attached hydrogens (tertiary/aromatic N) is 2. The Hall–Kier alpha value is -3.37. The molecule has 28 heavy (non-hydrogen) atoms. The standard InChI is InChI=1S/C23H18ClN3O/c24-19-10-6-16(7-11-19)15-28-20-12-8-18(9-13-20)22-14-21(26-23(25)27-22)17-4-2-1-3-5-17/h1-14H,15H2,(H2,25,26,27). The minimum Gasteiger partial charge on any atom is -0.489 e. The number of halogens is 1. The zero-order chi connectivity index (χ0) is 19.3. The van der Waals surface area contributed by atoms with Crippen molar-refractivity contribution in [2.45, 2.75) is 6.61 Å². The highest BCUT2D eigenvalue weighted by Crippen LogP contribution is 2.26. The van der Waals surface area contributed by atoms with Gasteiger partial charge in [0.05, 0.1) is 11.4 Å². The molecule has 0 unspecified atom stereocenters. The second kappa shape index (κ2) is 8.11. The van der Waals surface area contributed by atoms with E-state index in [0.717, 1.165) is 33.8 Å². The van der Waals surface area contributed by atoms with E-state index < -0.39 is 0 Å². The van der Waals surface area contributed by atoms with E-state index in [0.29, 0.717) is 11.6 Å². The molecule has 0 spiro atoms. The van der Waals surface area contributed by atoms with E-state index in [1.807, 2.05) is 84.9 Å². The molecule has 1 heterocycles. The maximum Gasteiger partial charge on any atom is 0.221 e. The van der Waals surface area contributed by atoms with Crippen LogP contribution in [0.25, 0.3) is 22.5 Å². The number of nitrogens with two attached hydrogens (primary N) is 1. The van der Waals surface area contributed by atoms with Gasteiger partial charge < -0.3 is 10.5 Å². The van der Waals surface area contributed by atoms with Crippen molar-refractivity contribution in [3.8, 4) is 28.3 Å². The van der Waals surface area contributed by atoms with Crippen LogP contribution in [0.15, 0.2) is 84.9 Å². The molecule has 3 aromatic carbocycles. The van der Waals surface area contributed by atoms with Gasteiger partial charge in [0, 0.05) is 16.1 Å². The van der Waals surface area contributed by atoms with Crippen molar-refractivity contribution < 1.29 is 4.74 Å². The van der Waals surface area contributed by atoms with Gasteiger partial charge >= 0.3 is 0 Å². The second-order valence-corrected chi connectivity index (χ2v) is 6.74. The van der Waals surface area contributed by atoms with E-state index in [9.17, 15) is 0 Å². The highest BCUT2D eigenvalue weighted by molar-refractivity contribution is 6.30. The van der Waals surface area contributed by atoms with Crippen LogP contribution < -0.4 is 10.5 Å². The molecule has 4 nitrogen and oxygen atoms in total. The molecule has 0 aliphatic heterocycles. The van der Waals surface area contributed by atoms with E-state index in [1.54, 1.807) is 0 Å². The fourth-order valence-electron chi connectivity index (χ4n) is 2.84. The molecule has 0 bridgehead atoms. The number of hydrogen-bond acceptors (Lipinski definition) is 4. The molecule has 2 N–H and O–H groups in total. The molecule has 138 valence electrons. The third-order valence-corrected chi connectivity index (χ3v) is 4.53. The van der Waals surface area contributed by atoms with Crippen LogP contribution in [0.1, 0.15) is 5.56 Å². The van der Waals surface area contributed by atoms with Crippen LogP contribution >= 0.6 is 11.6 Å². The van der Waals surface area contributed by atoms with E-state index >= 15 is 0 Å². The SMILES string of the molecule is Nc1nc(-c2ccccc2)cc(-c2ccc(OCc3ccc(Cl)cc3)cc2)n1. The first-order chi connectivity index (χ1) is 13.7. The highest BCUT2D eigenvalue weighted by atomic mass is 35.5. The van der Waals surface area contributed by atoms with Gasteiger partial charge in [-0.3, -0.25) is 0 Å². The molecule has 1 aromatic heterocycles. The molecule has 5 heteroatoms. The van der Waals surface area contributed by atoms with Crippen molar-refractivity contribution in [1.82, 2.24) is 9.97 Å². The summed E-state index contributed by atoms with van der Waals surface area (Å²) >= 11 is 5.91. The summed E-state index contributed by atoms with van der Waals surface area (Å²) in [5.41, 5.74) is 10.5. The first kappa shape index (κ1) is 18.0. The molecule has 4 aromatic rings. The van der Waals surface area contributed by atoms with Crippen LogP contribution in [0.2, 0.25) is 5.02 Å². The van der Waals surface area contributed by atoms with Gasteiger partial charge in [0.1, 0.15) is 12.4 Å². The average Bonchev–Trinajstić information content (AvgIpc) is 2.74. The molecule has 0 aliphatic rings. The van der Waals surface area contributed by atoms with E-state index in [1.165, 1.54) is 0 Å². The summed E-state index contributed by atoms with van der Waals surface area (Å²) in [6.07, 6.45) is 0. The Kier molecular flexibility index (Phi) is 5.22. The summed E-state index contributed by atoms with van der Waals surface area (Å²) in [7, 11) is 0. The van der Waals surface area contributed by atoms with Crippen LogP contribution in [0.4, 0.5) is 5.95 Å². The van der Waals surface area contributed by atoms with Crippen LogP contribution in [-0.4, -0.2) is 9.97 Å². The molecule has 0 saturated carbocycles. The summed E-state index contributed by atoms with van der Waals surface area (Å²) in [5.74, 6) is 1.03. The summed E-state index contributed by atoms with van der Waals surface area (Å²) in [6, 6.07) is 27.2. The molecule has 0 amide bonds. The minimum atomic E-state index is 0.249. The third-order valence-electron chi connectivity index (χ3n) is 4.28. The lowest BCUT2D eigenvalue weighted by Crippen LogP contribution is -1.99. The van der Waals surface area contributed by atoms with Crippen molar-refractivity contribution in [2.24, 2.45) is 0 Å². The fraction of sp³-hybridized carbons (Fsp3) is 0.0435. The molecule has 0 fully saturated rings. The number of rotatable bonds is 5. The van der Waals surface area contributed by atoms with Crippen LogP contribution in [0.3, 0.4) is 0 Å². The zero-order valence-electron chi connectivity index (χ0n) is 15.0. The molecule has 0 radical (unpaired) electrons. The fourth-order valence-corrected chi connectivity index (χ4v) is 2.97. The molecule has 0 saturated heterocycles. The Bertz CT molecular complexity index is 1070. The maximum absolute atomic E-state index is 5.93. The molecular weight excluding hydrogens is 370 g/mol. The van der Waals surface area contributed by atoms with E-state index in [4.69, 9.17) is 22.1 Å². The number of hydrogen-bond donors (Lipinski definition) is 1. The summed E-state index contributed by atoms with van der Waals surface area (Å²) in [4.78, 5) is 8.72. The quantitative estimate of drug-likeness (QED) is 0.482. The van der Waals surface area contributed by atoms with Crippen LogP contribution in [0, 0.1) is 0 Å². The number of anilines is 1. The number of ether oxygens (including phenoxy) is 1. The van der Waals surface area contributed by atoms with Gasteiger partial charge in [-0.2, -0.15) is 0 Å². The van der Waals surface area contributed by atoms with E-state index in [-0.39, 0.29) is 5.95 Å². The van der Waals surface area contributed by atoms with Gasteiger partial charge in [0.15, 0.2) is 0 Å². The molecular formula is C23H18ClN3O. The average molecular weight is 388 g/mol. The molecule has 0 aliphatic carbocycles. The van der Waals surface area contributed by atoms with Crippen molar-refractivity contribution in [3.63, 3.8) is 0 Å². The third kappa shape index (κ3) is 4.30. The Labute approximate surface area is 168 Å². The Balaban J connectivity index is 1.52. The first-order valence-corrected chi connectivity index (χ1v) is 9.23. The normalized spacial score (nSPS) is 10.6. The first-order valence-electron chi connectivity index (χ1n) is 8.85. The van der Waals surface area contributed by atoms with Crippen LogP contribution in [-0.2, 0) is 6.61 Å². The van der Waals surface area contributed by atoms with Crippen molar-refractivity contribution in [3.05, 3.63) is 95.5 Å². The Morgan fingerprint density at radius 1 is 0.750 bits per heavy atom. The van der Waals surface area contributed by atoms with Gasteiger partial charge in [-0.1, -0.05) is 54.1 Å². The smallest absolute Gasteiger partial charge is 0.221 e. The predicted molar refractivity (Wildman–Crippen MR) is 113 cm³/mol. The lowest BCUT2D eigenvalue weighted by molar-refractivity contribution is 0.306. The van der Waals surface area contributed by atoms with Crippen molar-refractivity contribution >= 4 is 17.5 Å². The van der Waals surface area contributed by atoms with Gasteiger partial charge in [-0.05, 0) is 48.0 Å². The van der Waals surface area contributed by atoms with Gasteiger partial charge in [0.25, 0.3) is 0 Å². The predicted octanol–water partition coefficient (Wildman–Crippen LogP) is 5.63. The summed E-state index contributed by atoms with van der Waals surface area (Å²) in [5, 5.41) is 0.715. The molecule has 0 atom stereocenters. The highest BCUT2D eigenvalue weighted by Gasteiger charge is 2.07. The lowest BCUT2D eigenvalue weighted by Gasteiger charge is -2.09. The number of nitrogen functional groups attached to an aromatic ring is 1. The summed E-state index contributed by atoms with van der Waals surface area (Å²) < 4.78 is 5.84. The van der Waals surface area contributed by atoms with Gasteiger partial charge in [-0.15, -0.1) is 0 Å². The van der Waals surface area contributed by atoms with Crippen molar-refractivity contribution in [2.75, 3.05) is 5.73 Å². The van der Waals surface area contributed by atoms with Gasteiger partial charge in [0.2, 0.25) is 5.95 Å². The Morgan fingerprint density at radius 3 is 2.00 bits per heavy atom. The Morgan fingerprint density at radius 2 is 1.36 bits per heavy atom. The van der Waals surface area contributed by atoms with Gasteiger partial charge in [-0.25, -0.2) is 9.97 Å². The molecule has 4 rings (SSSR count). The monoisotopic (exact) mass is 387 g/mol. The second-order valence-electron chi connectivity index (χ2n) is 6.30. The largest absolute Gasteiger partial charge is 0.489 e. The number of aromatic nitrogens is 2. The minimum absolute atomic E-state index is 0.249. The maximum atomic E-state index is 5.93. The number of benzene rings is 3. The topological polar surface area (TPSA) is 61.0 Å².